The van der Waals surface area contributed by atoms with E-state index in [0.717, 1.165) is 5.56 Å². The number of nitrogens with zero attached hydrogens (tertiary/aromatic N) is 1. The highest BCUT2D eigenvalue weighted by atomic mass is 16.6. The Labute approximate surface area is 113 Å². The Hall–Kier alpha value is -2.22. The second kappa shape index (κ2) is 6.10. The molecule has 0 bridgehead atoms. The molecule has 0 aliphatic rings. The van der Waals surface area contributed by atoms with Crippen molar-refractivity contribution in [3.05, 3.63) is 24.0 Å². The number of aromatic nitrogens is 1. The van der Waals surface area contributed by atoms with E-state index in [0.29, 0.717) is 12.1 Å². The number of hydrogen-bond donors (Lipinski definition) is 2. The second-order valence-electron chi connectivity index (χ2n) is 5.16. The van der Waals surface area contributed by atoms with Crippen LogP contribution in [0.2, 0.25) is 0 Å². The Bertz CT molecular complexity index is 486. The molecule has 0 aliphatic carbocycles. The molecular weight excluding hydrogens is 242 g/mol. The summed E-state index contributed by atoms with van der Waals surface area (Å²) in [5, 5.41) is 2.72. The molecule has 0 saturated heterocycles. The standard InChI is InChI=1S/C14H19N3O2/c1-5-6-12(10-7-11(15)9-16-8-10)17-13(18)19-14(2,3)4/h1,7-9,12H,6,15H2,2-4H3,(H,17,18)/t12-/m1/s1. The monoisotopic (exact) mass is 261 g/mol. The highest BCUT2D eigenvalue weighted by molar-refractivity contribution is 5.68. The van der Waals surface area contributed by atoms with Crippen molar-refractivity contribution in [2.75, 3.05) is 5.73 Å². The zero-order valence-corrected chi connectivity index (χ0v) is 11.4. The van der Waals surface area contributed by atoms with Crippen LogP contribution >= 0.6 is 0 Å². The van der Waals surface area contributed by atoms with E-state index in [1.807, 2.05) is 0 Å². The summed E-state index contributed by atoms with van der Waals surface area (Å²) in [6, 6.07) is 1.36. The summed E-state index contributed by atoms with van der Waals surface area (Å²) in [5.41, 5.74) is 6.38. The third-order valence-corrected chi connectivity index (χ3v) is 2.20. The SMILES string of the molecule is C#CC[C@@H](NC(=O)OC(C)(C)C)c1cncc(N)c1. The quantitative estimate of drug-likeness (QED) is 0.818. The largest absolute Gasteiger partial charge is 0.444 e. The van der Waals surface area contributed by atoms with Crippen molar-refractivity contribution in [3.63, 3.8) is 0 Å². The van der Waals surface area contributed by atoms with Crippen molar-refractivity contribution in [1.82, 2.24) is 10.3 Å². The number of carbonyl (C=O) groups excluding carboxylic acids is 1. The molecule has 0 fully saturated rings. The van der Waals surface area contributed by atoms with Gasteiger partial charge in [0.1, 0.15) is 5.60 Å². The number of alkyl carbamates (subject to hydrolysis) is 1. The fourth-order valence-electron chi connectivity index (χ4n) is 1.49. The number of nitrogens with one attached hydrogen (secondary N) is 1. The van der Waals surface area contributed by atoms with Gasteiger partial charge in [-0.1, -0.05) is 0 Å². The highest BCUT2D eigenvalue weighted by Crippen LogP contribution is 2.18. The first-order valence-electron chi connectivity index (χ1n) is 5.95. The Morgan fingerprint density at radius 3 is 2.79 bits per heavy atom. The number of pyridine rings is 1. The van der Waals surface area contributed by atoms with Crippen molar-refractivity contribution in [2.24, 2.45) is 0 Å². The van der Waals surface area contributed by atoms with Crippen LogP contribution in [0.15, 0.2) is 18.5 Å². The van der Waals surface area contributed by atoms with Crippen LogP contribution in [-0.2, 0) is 4.74 Å². The van der Waals surface area contributed by atoms with Gasteiger partial charge >= 0.3 is 6.09 Å². The molecule has 19 heavy (non-hydrogen) atoms. The fraction of sp³-hybridized carbons (Fsp3) is 0.429. The number of amides is 1. The molecule has 102 valence electrons. The molecule has 0 radical (unpaired) electrons. The molecule has 0 aromatic carbocycles. The zero-order chi connectivity index (χ0) is 14.5. The van der Waals surface area contributed by atoms with Gasteiger partial charge in [-0.2, -0.15) is 0 Å². The summed E-state index contributed by atoms with van der Waals surface area (Å²) in [5.74, 6) is 2.52. The predicted molar refractivity (Wildman–Crippen MR) is 74.2 cm³/mol. The van der Waals surface area contributed by atoms with Crippen molar-refractivity contribution in [2.45, 2.75) is 38.8 Å². The third kappa shape index (κ3) is 5.30. The van der Waals surface area contributed by atoms with Gasteiger partial charge in [-0.05, 0) is 32.4 Å². The van der Waals surface area contributed by atoms with E-state index in [9.17, 15) is 4.79 Å². The lowest BCUT2D eigenvalue weighted by Crippen LogP contribution is -2.35. The lowest BCUT2D eigenvalue weighted by atomic mass is 10.1. The molecule has 1 amide bonds. The number of terminal acetylenes is 1. The second-order valence-corrected chi connectivity index (χ2v) is 5.16. The molecule has 5 nitrogen and oxygen atoms in total. The van der Waals surface area contributed by atoms with Crippen LogP contribution in [-0.4, -0.2) is 16.7 Å². The van der Waals surface area contributed by atoms with Crippen molar-refractivity contribution < 1.29 is 9.53 Å². The summed E-state index contributed by atoms with van der Waals surface area (Å²) in [4.78, 5) is 15.7. The van der Waals surface area contributed by atoms with Gasteiger partial charge in [0.15, 0.2) is 0 Å². The first kappa shape index (κ1) is 14.8. The lowest BCUT2D eigenvalue weighted by Gasteiger charge is -2.23. The van der Waals surface area contributed by atoms with E-state index in [1.54, 1.807) is 33.0 Å². The van der Waals surface area contributed by atoms with Gasteiger partial charge in [0.05, 0.1) is 11.7 Å². The molecule has 5 heteroatoms. The van der Waals surface area contributed by atoms with Crippen LogP contribution in [0.4, 0.5) is 10.5 Å². The predicted octanol–water partition coefficient (Wildman–Crippen LogP) is 2.25. The van der Waals surface area contributed by atoms with Gasteiger partial charge < -0.3 is 15.8 Å². The molecule has 0 spiro atoms. The maximum absolute atomic E-state index is 11.7. The minimum Gasteiger partial charge on any atom is -0.444 e. The minimum absolute atomic E-state index is 0.338. The Morgan fingerprint density at radius 1 is 1.58 bits per heavy atom. The highest BCUT2D eigenvalue weighted by Gasteiger charge is 2.20. The number of anilines is 1. The molecule has 1 rings (SSSR count). The van der Waals surface area contributed by atoms with Crippen molar-refractivity contribution in [3.8, 4) is 12.3 Å². The third-order valence-electron chi connectivity index (χ3n) is 2.20. The molecule has 3 N–H and O–H groups in total. The number of carbonyl (C=O) groups is 1. The van der Waals surface area contributed by atoms with Crippen molar-refractivity contribution in [1.29, 1.82) is 0 Å². The van der Waals surface area contributed by atoms with Crippen LogP contribution in [0.25, 0.3) is 0 Å². The van der Waals surface area contributed by atoms with Crippen LogP contribution < -0.4 is 11.1 Å². The van der Waals surface area contributed by atoms with Crippen LogP contribution in [0.1, 0.15) is 38.8 Å². The molecule has 1 heterocycles. The maximum Gasteiger partial charge on any atom is 0.408 e. The minimum atomic E-state index is -0.557. The van der Waals surface area contributed by atoms with E-state index in [2.05, 4.69) is 16.2 Å². The number of hydrogen-bond acceptors (Lipinski definition) is 4. The zero-order valence-electron chi connectivity index (χ0n) is 11.4. The van der Waals surface area contributed by atoms with Crippen LogP contribution in [0.3, 0.4) is 0 Å². The lowest BCUT2D eigenvalue weighted by molar-refractivity contribution is 0.0504. The van der Waals surface area contributed by atoms with Gasteiger partial charge in [0.2, 0.25) is 0 Å². The normalized spacial score (nSPS) is 12.3. The molecule has 0 aliphatic heterocycles. The average Bonchev–Trinajstić information content (AvgIpc) is 2.26. The molecule has 0 saturated carbocycles. The number of rotatable bonds is 3. The van der Waals surface area contributed by atoms with E-state index in [4.69, 9.17) is 16.9 Å². The van der Waals surface area contributed by atoms with Crippen molar-refractivity contribution >= 4 is 11.8 Å². The molecule has 1 atom stereocenters. The summed E-state index contributed by atoms with van der Waals surface area (Å²) in [6.07, 6.45) is 8.29. The number of nitrogen functional groups attached to an aromatic ring is 1. The van der Waals surface area contributed by atoms with Gasteiger partial charge in [0.25, 0.3) is 0 Å². The first-order chi connectivity index (χ1) is 8.81. The van der Waals surface area contributed by atoms with Crippen LogP contribution in [0.5, 0.6) is 0 Å². The topological polar surface area (TPSA) is 77.2 Å². The summed E-state index contributed by atoms with van der Waals surface area (Å²) in [7, 11) is 0. The average molecular weight is 261 g/mol. The summed E-state index contributed by atoms with van der Waals surface area (Å²) >= 11 is 0. The molecular formula is C14H19N3O2. The molecule has 1 aromatic heterocycles. The summed E-state index contributed by atoms with van der Waals surface area (Å²) in [6.45, 7) is 5.39. The van der Waals surface area contributed by atoms with Crippen LogP contribution in [0, 0.1) is 12.3 Å². The van der Waals surface area contributed by atoms with E-state index in [1.165, 1.54) is 6.20 Å². The fourth-order valence-corrected chi connectivity index (χ4v) is 1.49. The Kier molecular flexibility index (Phi) is 4.76. The number of ether oxygens (including phenoxy) is 1. The Morgan fingerprint density at radius 2 is 2.26 bits per heavy atom. The molecule has 0 unspecified atom stereocenters. The molecule has 1 aromatic rings. The Balaban J connectivity index is 2.79. The first-order valence-corrected chi connectivity index (χ1v) is 5.95. The smallest absolute Gasteiger partial charge is 0.408 e. The van der Waals surface area contributed by atoms with Gasteiger partial charge in [0, 0.05) is 18.8 Å². The van der Waals surface area contributed by atoms with E-state index >= 15 is 0 Å². The summed E-state index contributed by atoms with van der Waals surface area (Å²) < 4.78 is 5.20. The number of nitrogens with two attached hydrogens (primary N) is 1. The van der Waals surface area contributed by atoms with E-state index < -0.39 is 11.7 Å². The van der Waals surface area contributed by atoms with Gasteiger partial charge in [-0.3, -0.25) is 4.98 Å². The van der Waals surface area contributed by atoms with E-state index in [-0.39, 0.29) is 6.04 Å². The van der Waals surface area contributed by atoms with Gasteiger partial charge in [-0.15, -0.1) is 12.3 Å². The van der Waals surface area contributed by atoms with Gasteiger partial charge in [-0.25, -0.2) is 4.79 Å². The maximum atomic E-state index is 11.7.